The molecule has 0 unspecified atom stereocenters. The highest BCUT2D eigenvalue weighted by Gasteiger charge is 2.55. The van der Waals surface area contributed by atoms with Crippen LogP contribution in [0.2, 0.25) is 5.02 Å². The molecule has 10 heteroatoms. The number of rotatable bonds is 5. The van der Waals surface area contributed by atoms with E-state index in [4.69, 9.17) is 21.6 Å². The molecule has 1 spiro atoms. The second kappa shape index (κ2) is 7.46. The zero-order valence-corrected chi connectivity index (χ0v) is 19.3. The van der Waals surface area contributed by atoms with Crippen molar-refractivity contribution in [2.45, 2.75) is 54.4 Å². The third-order valence-corrected chi connectivity index (χ3v) is 9.09. The van der Waals surface area contributed by atoms with Crippen molar-refractivity contribution in [2.75, 3.05) is 35.7 Å². The van der Waals surface area contributed by atoms with Crippen LogP contribution in [-0.2, 0) is 16.2 Å². The number of aliphatic hydroxyl groups is 1. The summed E-state index contributed by atoms with van der Waals surface area (Å²) in [7, 11) is -1.10. The first-order chi connectivity index (χ1) is 15.5. The highest BCUT2D eigenvalue weighted by atomic mass is 35.5. The van der Waals surface area contributed by atoms with E-state index in [0.717, 1.165) is 61.2 Å². The van der Waals surface area contributed by atoms with E-state index in [9.17, 15) is 9.32 Å². The summed E-state index contributed by atoms with van der Waals surface area (Å²) in [5.41, 5.74) is 1.63. The number of anilines is 2. The van der Waals surface area contributed by atoms with Crippen LogP contribution in [0.5, 0.6) is 0 Å². The molecule has 0 amide bonds. The smallest absolute Gasteiger partial charge is 0.227 e. The molecule has 32 heavy (non-hydrogen) atoms. The van der Waals surface area contributed by atoms with Gasteiger partial charge in [-0.05, 0) is 44.1 Å². The molecule has 2 aliphatic heterocycles. The number of hydrogen-bond acceptors (Lipinski definition) is 8. The monoisotopic (exact) mass is 472 g/mol. The molecular formula is C22H25ClN6O2S. The number of halogens is 1. The summed E-state index contributed by atoms with van der Waals surface area (Å²) < 4.78 is 13.0. The maximum Gasteiger partial charge on any atom is 0.227 e. The number of nitrogens with one attached hydrogen (secondary N) is 1. The molecule has 2 aromatic rings. The Morgan fingerprint density at radius 1 is 1.19 bits per heavy atom. The van der Waals surface area contributed by atoms with Gasteiger partial charge in [-0.1, -0.05) is 17.7 Å². The lowest BCUT2D eigenvalue weighted by Crippen LogP contribution is -2.48. The van der Waals surface area contributed by atoms with Crippen LogP contribution in [0.1, 0.15) is 50.0 Å². The van der Waals surface area contributed by atoms with Gasteiger partial charge in [0.05, 0.1) is 33.7 Å². The van der Waals surface area contributed by atoms with Gasteiger partial charge in [0.2, 0.25) is 5.95 Å². The minimum atomic E-state index is -1.10. The molecule has 4 aliphatic rings. The molecule has 2 aliphatic carbocycles. The Balaban J connectivity index is 1.33. The fourth-order valence-corrected chi connectivity index (χ4v) is 6.83. The number of hydrogen-bond donors (Lipinski definition) is 2. The van der Waals surface area contributed by atoms with Crippen LogP contribution in [0.25, 0.3) is 5.57 Å². The summed E-state index contributed by atoms with van der Waals surface area (Å²) >= 11 is 5.91. The van der Waals surface area contributed by atoms with Crippen LogP contribution in [0.4, 0.5) is 11.8 Å². The lowest BCUT2D eigenvalue weighted by Gasteiger charge is -2.41. The Bertz CT molecular complexity index is 1120. The van der Waals surface area contributed by atoms with Gasteiger partial charge in [0, 0.05) is 36.7 Å². The fraction of sp³-hybridized carbons (Fsp3) is 0.545. The lowest BCUT2D eigenvalue weighted by molar-refractivity contribution is 0.143. The molecule has 168 valence electrons. The molecule has 2 saturated carbocycles. The van der Waals surface area contributed by atoms with E-state index in [1.165, 1.54) is 0 Å². The third-order valence-electron chi connectivity index (χ3n) is 7.24. The molecule has 6 rings (SSSR count). The van der Waals surface area contributed by atoms with E-state index in [1.54, 1.807) is 12.4 Å². The van der Waals surface area contributed by atoms with Gasteiger partial charge >= 0.3 is 0 Å². The van der Waals surface area contributed by atoms with Gasteiger partial charge in [0.1, 0.15) is 10.7 Å². The molecule has 0 aromatic carbocycles. The van der Waals surface area contributed by atoms with Crippen molar-refractivity contribution in [2.24, 2.45) is 0 Å². The Morgan fingerprint density at radius 3 is 2.56 bits per heavy atom. The van der Waals surface area contributed by atoms with Crippen molar-refractivity contribution in [1.82, 2.24) is 19.9 Å². The summed E-state index contributed by atoms with van der Waals surface area (Å²) in [5.74, 6) is 2.65. The van der Waals surface area contributed by atoms with Crippen LogP contribution in [0.3, 0.4) is 0 Å². The summed E-state index contributed by atoms with van der Waals surface area (Å²) in [6, 6.07) is 0. The van der Waals surface area contributed by atoms with Crippen LogP contribution in [-0.4, -0.2) is 60.2 Å². The van der Waals surface area contributed by atoms with Crippen molar-refractivity contribution in [1.29, 1.82) is 0 Å². The number of aliphatic hydroxyl groups excluding tert-OH is 1. The quantitative estimate of drug-likeness (QED) is 0.684. The molecule has 8 nitrogen and oxygen atoms in total. The third kappa shape index (κ3) is 3.33. The predicted octanol–water partition coefficient (Wildman–Crippen LogP) is 2.69. The average Bonchev–Trinajstić information content (AvgIpc) is 3.50. The van der Waals surface area contributed by atoms with Gasteiger partial charge < -0.3 is 15.3 Å². The molecule has 4 heterocycles. The minimum Gasteiger partial charge on any atom is -0.394 e. The highest BCUT2D eigenvalue weighted by molar-refractivity contribution is 7.85. The molecule has 2 aromatic heterocycles. The molecule has 0 bridgehead atoms. The van der Waals surface area contributed by atoms with E-state index >= 15 is 0 Å². The first-order valence-corrected chi connectivity index (χ1v) is 12.8. The van der Waals surface area contributed by atoms with Crippen LogP contribution >= 0.6 is 11.6 Å². The van der Waals surface area contributed by atoms with Gasteiger partial charge in [0.25, 0.3) is 0 Å². The zero-order valence-electron chi connectivity index (χ0n) is 17.7. The SMILES string of the molecule is O=[S@]1CC2(CC2)c2nc(N3CC=C(c4ncc(Cl)cn4)CC3)nc(NC3(CO)CCC3)c21. The molecular weight excluding hydrogens is 448 g/mol. The summed E-state index contributed by atoms with van der Waals surface area (Å²) in [4.78, 5) is 21.4. The van der Waals surface area contributed by atoms with Gasteiger partial charge in [-0.25, -0.2) is 15.0 Å². The Kier molecular flexibility index (Phi) is 4.78. The average molecular weight is 473 g/mol. The zero-order chi connectivity index (χ0) is 21.9. The fourth-order valence-electron chi connectivity index (χ4n) is 4.87. The Hall–Kier alpha value is -2.10. The van der Waals surface area contributed by atoms with Crippen molar-refractivity contribution in [3.05, 3.63) is 35.0 Å². The van der Waals surface area contributed by atoms with Crippen molar-refractivity contribution in [3.63, 3.8) is 0 Å². The molecule has 2 N–H and O–H groups in total. The molecule has 0 saturated heterocycles. The van der Waals surface area contributed by atoms with Crippen molar-refractivity contribution in [3.8, 4) is 0 Å². The van der Waals surface area contributed by atoms with E-state index in [-0.39, 0.29) is 17.6 Å². The van der Waals surface area contributed by atoms with Crippen LogP contribution in [0.15, 0.2) is 23.4 Å². The number of fused-ring (bicyclic) bond motifs is 2. The van der Waals surface area contributed by atoms with Gasteiger partial charge in [-0.15, -0.1) is 0 Å². The number of aromatic nitrogens is 4. The lowest BCUT2D eigenvalue weighted by atomic mass is 9.77. The van der Waals surface area contributed by atoms with E-state index in [2.05, 4.69) is 26.3 Å². The maximum absolute atomic E-state index is 13.0. The largest absolute Gasteiger partial charge is 0.394 e. The van der Waals surface area contributed by atoms with E-state index < -0.39 is 10.8 Å². The topological polar surface area (TPSA) is 104 Å². The molecule has 1 atom stereocenters. The van der Waals surface area contributed by atoms with Crippen LogP contribution < -0.4 is 10.2 Å². The highest BCUT2D eigenvalue weighted by Crippen LogP contribution is 2.56. The summed E-state index contributed by atoms with van der Waals surface area (Å²) in [6.45, 7) is 1.45. The van der Waals surface area contributed by atoms with Gasteiger partial charge in [0.15, 0.2) is 5.82 Å². The molecule has 2 fully saturated rings. The summed E-state index contributed by atoms with van der Waals surface area (Å²) in [6.07, 6.45) is 11.1. The number of nitrogens with zero attached hydrogens (tertiary/aromatic N) is 5. The summed E-state index contributed by atoms with van der Waals surface area (Å²) in [5, 5.41) is 14.0. The van der Waals surface area contributed by atoms with Gasteiger partial charge in [-0.3, -0.25) is 4.21 Å². The van der Waals surface area contributed by atoms with Crippen LogP contribution in [0, 0.1) is 0 Å². The molecule has 0 radical (unpaired) electrons. The van der Waals surface area contributed by atoms with Gasteiger partial charge in [-0.2, -0.15) is 4.98 Å². The van der Waals surface area contributed by atoms with Crippen molar-refractivity contribution < 1.29 is 9.32 Å². The van der Waals surface area contributed by atoms with Crippen molar-refractivity contribution >= 4 is 39.7 Å². The Morgan fingerprint density at radius 2 is 1.97 bits per heavy atom. The second-order valence-electron chi connectivity index (χ2n) is 9.39. The maximum atomic E-state index is 13.0. The second-order valence-corrected chi connectivity index (χ2v) is 11.2. The first kappa shape index (κ1) is 20.5. The Labute approximate surface area is 194 Å². The first-order valence-electron chi connectivity index (χ1n) is 11.1. The minimum absolute atomic E-state index is 0.0474. The van der Waals surface area contributed by atoms with E-state index in [0.29, 0.717) is 34.9 Å². The predicted molar refractivity (Wildman–Crippen MR) is 123 cm³/mol. The standard InChI is InChI=1S/C22H25ClN6O2S/c23-15-10-24-18(25-11-15)14-2-8-29(9-3-14)20-26-17-16(32(31)13-21(17)6-7-21)19(27-20)28-22(12-30)4-1-5-22/h2,10-11,30H,1,3-9,12-13H2,(H,26,27,28)/t32-/m0/s1. The normalized spacial score (nSPS) is 24.6. The van der Waals surface area contributed by atoms with E-state index in [1.807, 2.05) is 0 Å².